The van der Waals surface area contributed by atoms with Gasteiger partial charge in [0.15, 0.2) is 0 Å². The van der Waals surface area contributed by atoms with E-state index in [0.717, 1.165) is 26.7 Å². The second kappa shape index (κ2) is 6.11. The van der Waals surface area contributed by atoms with E-state index >= 15 is 0 Å². The molecular weight excluding hydrogens is 281 g/mol. The largest absolute Gasteiger partial charge is 0.465 e. The molecule has 0 spiro atoms. The van der Waals surface area contributed by atoms with E-state index in [9.17, 15) is 18.7 Å². The minimum atomic E-state index is -1.19. The zero-order valence-corrected chi connectivity index (χ0v) is 12.7. The van der Waals surface area contributed by atoms with Gasteiger partial charge in [-0.25, -0.2) is 13.6 Å². The maximum absolute atomic E-state index is 13.9. The Balaban J connectivity index is 2.97. The van der Waals surface area contributed by atoms with Gasteiger partial charge in [0.2, 0.25) is 0 Å². The Bertz CT molecular complexity index is 539. The highest BCUT2D eigenvalue weighted by molar-refractivity contribution is 6.47. The van der Waals surface area contributed by atoms with Crippen LogP contribution in [0.4, 0.5) is 8.78 Å². The van der Waals surface area contributed by atoms with Gasteiger partial charge in [0, 0.05) is 0 Å². The molecule has 1 rings (SSSR count). The highest BCUT2D eigenvalue weighted by Crippen LogP contribution is 2.24. The number of ether oxygens (including phenoxy) is 1. The van der Waals surface area contributed by atoms with E-state index in [1.165, 1.54) is 13.8 Å². The first-order chi connectivity index (χ1) is 9.49. The van der Waals surface area contributed by atoms with Crippen LogP contribution in [-0.4, -0.2) is 36.9 Å². The predicted octanol–water partition coefficient (Wildman–Crippen LogP) is 1.56. The SMILES string of the molecule is COC(=O)c1cc(F)c([B]OC(C)(C)C(C)(C)O)cc1F. The predicted molar refractivity (Wildman–Crippen MR) is 74.5 cm³/mol. The third-order valence-corrected chi connectivity index (χ3v) is 3.45. The molecule has 1 N–H and O–H groups in total. The average Bonchev–Trinajstić information content (AvgIpc) is 2.37. The average molecular weight is 299 g/mol. The standard InChI is InChI=1S/C14H18BF2O4/c1-13(2,19)14(3,4)21-15-9-7-10(16)8(6-11(9)17)12(18)20-5/h6-7,19H,1-5H3. The number of halogens is 2. The molecule has 1 aromatic rings. The van der Waals surface area contributed by atoms with Crippen LogP contribution >= 0.6 is 0 Å². The molecular formula is C14H18BF2O4. The molecule has 0 aliphatic carbocycles. The number of rotatable bonds is 5. The summed E-state index contributed by atoms with van der Waals surface area (Å²) in [5.41, 5.74) is -2.87. The number of methoxy groups -OCH3 is 1. The Morgan fingerprint density at radius 2 is 1.76 bits per heavy atom. The zero-order valence-electron chi connectivity index (χ0n) is 12.7. The molecule has 0 amide bonds. The van der Waals surface area contributed by atoms with Gasteiger partial charge in [0.05, 0.1) is 23.9 Å². The van der Waals surface area contributed by atoms with Gasteiger partial charge >= 0.3 is 13.5 Å². The number of hydrogen-bond donors (Lipinski definition) is 1. The van der Waals surface area contributed by atoms with Crippen molar-refractivity contribution in [2.75, 3.05) is 7.11 Å². The van der Waals surface area contributed by atoms with E-state index in [1.54, 1.807) is 13.8 Å². The van der Waals surface area contributed by atoms with Crippen LogP contribution in [0.5, 0.6) is 0 Å². The van der Waals surface area contributed by atoms with Crippen LogP contribution < -0.4 is 5.46 Å². The normalized spacial score (nSPS) is 12.2. The molecule has 21 heavy (non-hydrogen) atoms. The van der Waals surface area contributed by atoms with Crippen molar-refractivity contribution in [1.29, 1.82) is 0 Å². The molecule has 0 atom stereocenters. The molecule has 0 aliphatic rings. The van der Waals surface area contributed by atoms with Crippen LogP contribution in [0.2, 0.25) is 0 Å². The van der Waals surface area contributed by atoms with E-state index in [0.29, 0.717) is 0 Å². The number of aliphatic hydroxyl groups is 1. The molecule has 4 nitrogen and oxygen atoms in total. The third kappa shape index (κ3) is 4.01. The Kier molecular flexibility index (Phi) is 5.12. The van der Waals surface area contributed by atoms with Gasteiger partial charge < -0.3 is 14.5 Å². The maximum Gasteiger partial charge on any atom is 0.340 e. The van der Waals surface area contributed by atoms with Crippen molar-refractivity contribution in [3.05, 3.63) is 29.3 Å². The Hall–Kier alpha value is -1.47. The molecule has 0 heterocycles. The van der Waals surface area contributed by atoms with Gasteiger partial charge in [-0.2, -0.15) is 0 Å². The summed E-state index contributed by atoms with van der Waals surface area (Å²) in [5, 5.41) is 9.92. The number of carbonyl (C=O) groups is 1. The summed E-state index contributed by atoms with van der Waals surface area (Å²) in [5.74, 6) is -2.71. The monoisotopic (exact) mass is 299 g/mol. The van der Waals surface area contributed by atoms with Crippen molar-refractivity contribution in [3.63, 3.8) is 0 Å². The van der Waals surface area contributed by atoms with Crippen molar-refractivity contribution in [2.45, 2.75) is 38.9 Å². The van der Waals surface area contributed by atoms with Crippen LogP contribution in [-0.2, 0) is 9.39 Å². The van der Waals surface area contributed by atoms with Crippen LogP contribution in [0.1, 0.15) is 38.1 Å². The van der Waals surface area contributed by atoms with Crippen molar-refractivity contribution >= 4 is 18.9 Å². The first kappa shape index (κ1) is 17.6. The Morgan fingerprint density at radius 3 is 2.24 bits per heavy atom. The summed E-state index contributed by atoms with van der Waals surface area (Å²) >= 11 is 0. The van der Waals surface area contributed by atoms with Gasteiger partial charge in [-0.1, -0.05) is 0 Å². The van der Waals surface area contributed by atoms with E-state index < -0.39 is 34.4 Å². The van der Waals surface area contributed by atoms with Crippen LogP contribution in [0.15, 0.2) is 12.1 Å². The summed E-state index contributed by atoms with van der Waals surface area (Å²) in [6.07, 6.45) is 0. The van der Waals surface area contributed by atoms with Crippen molar-refractivity contribution in [1.82, 2.24) is 0 Å². The third-order valence-electron chi connectivity index (χ3n) is 3.45. The lowest BCUT2D eigenvalue weighted by Crippen LogP contribution is -2.49. The lowest BCUT2D eigenvalue weighted by molar-refractivity contribution is -0.0893. The fourth-order valence-corrected chi connectivity index (χ4v) is 1.27. The van der Waals surface area contributed by atoms with Crippen LogP contribution in [0, 0.1) is 11.6 Å². The molecule has 1 aromatic carbocycles. The minimum absolute atomic E-state index is 0.169. The van der Waals surface area contributed by atoms with E-state index in [4.69, 9.17) is 4.65 Å². The lowest BCUT2D eigenvalue weighted by atomic mass is 9.82. The fraction of sp³-hybridized carbons (Fsp3) is 0.500. The van der Waals surface area contributed by atoms with Crippen LogP contribution in [0.25, 0.3) is 0 Å². The van der Waals surface area contributed by atoms with Gasteiger partial charge in [-0.05, 0) is 45.3 Å². The highest BCUT2D eigenvalue weighted by atomic mass is 19.1. The number of esters is 1. The van der Waals surface area contributed by atoms with Crippen molar-refractivity contribution in [2.24, 2.45) is 0 Å². The number of carbonyl (C=O) groups excluding carboxylic acids is 1. The summed E-state index contributed by atoms with van der Waals surface area (Å²) in [6.45, 7) is 6.30. The molecule has 0 fully saturated rings. The highest BCUT2D eigenvalue weighted by Gasteiger charge is 2.36. The maximum atomic E-state index is 13.9. The number of benzene rings is 1. The minimum Gasteiger partial charge on any atom is -0.465 e. The molecule has 0 aromatic heterocycles. The summed E-state index contributed by atoms with van der Waals surface area (Å²) in [6, 6.07) is 1.58. The molecule has 115 valence electrons. The molecule has 0 saturated carbocycles. The summed E-state index contributed by atoms with van der Waals surface area (Å²) in [7, 11) is 2.09. The molecule has 0 aliphatic heterocycles. The summed E-state index contributed by atoms with van der Waals surface area (Å²) in [4.78, 5) is 11.2. The van der Waals surface area contributed by atoms with Gasteiger partial charge in [-0.15, -0.1) is 0 Å². The van der Waals surface area contributed by atoms with Crippen molar-refractivity contribution < 1.29 is 28.1 Å². The van der Waals surface area contributed by atoms with Crippen molar-refractivity contribution in [3.8, 4) is 0 Å². The Labute approximate surface area is 123 Å². The molecule has 7 heteroatoms. The molecule has 0 unspecified atom stereocenters. The lowest BCUT2D eigenvalue weighted by Gasteiger charge is -2.37. The molecule has 0 bridgehead atoms. The van der Waals surface area contributed by atoms with Crippen LogP contribution in [0.3, 0.4) is 0 Å². The first-order valence-electron chi connectivity index (χ1n) is 6.30. The van der Waals surface area contributed by atoms with Gasteiger partial charge in [0.25, 0.3) is 0 Å². The topological polar surface area (TPSA) is 55.8 Å². The first-order valence-corrected chi connectivity index (χ1v) is 6.30. The smallest absolute Gasteiger partial charge is 0.340 e. The second-order valence-electron chi connectivity index (χ2n) is 5.65. The molecule has 0 saturated heterocycles. The second-order valence-corrected chi connectivity index (χ2v) is 5.65. The Morgan fingerprint density at radius 1 is 1.19 bits per heavy atom. The van der Waals surface area contributed by atoms with E-state index in [2.05, 4.69) is 4.74 Å². The van der Waals surface area contributed by atoms with E-state index in [-0.39, 0.29) is 5.46 Å². The van der Waals surface area contributed by atoms with E-state index in [1.807, 2.05) is 0 Å². The number of hydrogen-bond acceptors (Lipinski definition) is 4. The quantitative estimate of drug-likeness (QED) is 0.662. The van der Waals surface area contributed by atoms with Gasteiger partial charge in [0.1, 0.15) is 11.6 Å². The fourth-order valence-electron chi connectivity index (χ4n) is 1.27. The van der Waals surface area contributed by atoms with Gasteiger partial charge in [-0.3, -0.25) is 0 Å². The molecule has 1 radical (unpaired) electrons. The zero-order chi connectivity index (χ0) is 16.4. The summed E-state index contributed by atoms with van der Waals surface area (Å²) < 4.78 is 37.3.